The largest absolute Gasteiger partial charge is 0.422 e. The van der Waals surface area contributed by atoms with Gasteiger partial charge in [-0.05, 0) is 37.1 Å². The molecule has 2 saturated heterocycles. The summed E-state index contributed by atoms with van der Waals surface area (Å²) in [7, 11) is 0. The van der Waals surface area contributed by atoms with Crippen molar-refractivity contribution in [1.29, 1.82) is 0 Å². The van der Waals surface area contributed by atoms with Crippen molar-refractivity contribution in [3.8, 4) is 0 Å². The molecule has 0 radical (unpaired) electrons. The van der Waals surface area contributed by atoms with Crippen molar-refractivity contribution in [2.45, 2.75) is 45.7 Å². The number of nitrogens with zero attached hydrogens (tertiary/aromatic N) is 2. The Morgan fingerprint density at radius 2 is 1.72 bits per heavy atom. The summed E-state index contributed by atoms with van der Waals surface area (Å²) in [5, 5.41) is 11.7. The number of esters is 2. The predicted octanol–water partition coefficient (Wildman–Crippen LogP) is 1.48. The number of carbonyl (C=O) groups is 4. The van der Waals surface area contributed by atoms with E-state index in [0.717, 1.165) is 18.7 Å². The van der Waals surface area contributed by atoms with Crippen molar-refractivity contribution in [3.63, 3.8) is 0 Å². The van der Waals surface area contributed by atoms with Gasteiger partial charge < -0.3 is 14.2 Å². The molecule has 0 spiro atoms. The molecule has 0 N–H and O–H groups in total. The van der Waals surface area contributed by atoms with Crippen LogP contribution in [0.3, 0.4) is 0 Å². The Balaban J connectivity index is 1.81. The van der Waals surface area contributed by atoms with Crippen molar-refractivity contribution < 1.29 is 38.3 Å². The molecule has 11 heteroatoms. The van der Waals surface area contributed by atoms with Crippen LogP contribution >= 0.6 is 0 Å². The molecule has 32 heavy (non-hydrogen) atoms. The van der Waals surface area contributed by atoms with Crippen molar-refractivity contribution in [1.82, 2.24) is 0 Å². The molecule has 0 aliphatic carbocycles. The zero-order chi connectivity index (χ0) is 23.5. The number of fused-ring (bicyclic) bond motifs is 5. The molecule has 0 unspecified atom stereocenters. The Morgan fingerprint density at radius 1 is 1.12 bits per heavy atom. The first-order chi connectivity index (χ1) is 15.0. The third kappa shape index (κ3) is 3.00. The number of ether oxygens (including phenoxy) is 3. The first-order valence-electron chi connectivity index (χ1n) is 9.83. The third-order valence-electron chi connectivity index (χ3n) is 6.02. The third-order valence-corrected chi connectivity index (χ3v) is 6.02. The van der Waals surface area contributed by atoms with E-state index in [1.54, 1.807) is 13.8 Å². The fourth-order valence-electron chi connectivity index (χ4n) is 4.57. The van der Waals surface area contributed by atoms with E-state index in [4.69, 9.17) is 14.2 Å². The Bertz CT molecular complexity index is 1090. The van der Waals surface area contributed by atoms with Gasteiger partial charge in [-0.15, -0.1) is 0 Å². The Morgan fingerprint density at radius 3 is 2.28 bits per heavy atom. The highest BCUT2D eigenvalue weighted by Gasteiger charge is 2.72. The highest BCUT2D eigenvalue weighted by atomic mass is 16.7. The summed E-state index contributed by atoms with van der Waals surface area (Å²) < 4.78 is 16.2. The second kappa shape index (κ2) is 7.23. The van der Waals surface area contributed by atoms with Crippen LogP contribution in [0.4, 0.5) is 11.4 Å². The topological polar surface area (TPSA) is 142 Å². The van der Waals surface area contributed by atoms with Crippen molar-refractivity contribution >= 4 is 35.1 Å². The van der Waals surface area contributed by atoms with E-state index in [9.17, 15) is 29.3 Å². The van der Waals surface area contributed by atoms with Crippen LogP contribution in [0.5, 0.6) is 0 Å². The number of aryl methyl sites for hydroxylation is 2. The lowest BCUT2D eigenvalue weighted by Gasteiger charge is -2.34. The lowest BCUT2D eigenvalue weighted by molar-refractivity contribution is -0.384. The van der Waals surface area contributed by atoms with E-state index in [1.807, 2.05) is 0 Å². The summed E-state index contributed by atoms with van der Waals surface area (Å²) in [4.78, 5) is 61.9. The number of amides is 2. The normalized spacial score (nSPS) is 27.8. The van der Waals surface area contributed by atoms with E-state index in [-0.39, 0.29) is 11.4 Å². The molecule has 4 rings (SSSR count). The van der Waals surface area contributed by atoms with Gasteiger partial charge in [0, 0.05) is 19.9 Å². The van der Waals surface area contributed by atoms with Gasteiger partial charge in [-0.2, -0.15) is 0 Å². The summed E-state index contributed by atoms with van der Waals surface area (Å²) in [6.45, 7) is 5.59. The van der Waals surface area contributed by atoms with Gasteiger partial charge in [-0.3, -0.25) is 29.3 Å². The molecule has 3 aliphatic heterocycles. The fraction of sp³-hybridized carbons (Fsp3) is 0.429. The molecule has 2 amide bonds. The average molecular weight is 444 g/mol. The van der Waals surface area contributed by atoms with Crippen molar-refractivity contribution in [2.24, 2.45) is 11.8 Å². The number of nitro benzene ring substituents is 1. The Kier molecular flexibility index (Phi) is 4.88. The first kappa shape index (κ1) is 21.6. The standard InChI is InChI=1S/C21H20N2O9/c1-9-7-13(14(23(28)29)8-10(9)2)22-18(26)16-15-5-6-21(32-15,17(16)19(22)27)20(30-11(3)24)31-12(4)25/h5-8,15-17,20H,1-4H3/t15-,16+,17-,21-/m0/s1. The minimum Gasteiger partial charge on any atom is -0.422 e. The molecule has 4 atom stereocenters. The number of hydrogen-bond acceptors (Lipinski definition) is 9. The van der Waals surface area contributed by atoms with E-state index in [2.05, 4.69) is 0 Å². The maximum atomic E-state index is 13.5. The van der Waals surface area contributed by atoms with Crippen LogP contribution < -0.4 is 4.90 Å². The van der Waals surface area contributed by atoms with Crippen molar-refractivity contribution in [3.05, 3.63) is 45.5 Å². The molecule has 3 heterocycles. The van der Waals surface area contributed by atoms with Gasteiger partial charge in [0.05, 0.1) is 22.9 Å². The van der Waals surface area contributed by atoms with Gasteiger partial charge in [-0.25, -0.2) is 4.90 Å². The van der Waals surface area contributed by atoms with E-state index in [0.29, 0.717) is 11.1 Å². The van der Waals surface area contributed by atoms with Gasteiger partial charge in [0.25, 0.3) is 12.0 Å². The van der Waals surface area contributed by atoms with Gasteiger partial charge in [0.15, 0.2) is 5.60 Å². The number of anilines is 1. The minimum atomic E-state index is -1.72. The van der Waals surface area contributed by atoms with Crippen LogP contribution in [0, 0.1) is 35.8 Å². The van der Waals surface area contributed by atoms with E-state index < -0.39 is 58.5 Å². The number of imide groups is 1. The van der Waals surface area contributed by atoms with Gasteiger partial charge >= 0.3 is 11.9 Å². The molecule has 11 nitrogen and oxygen atoms in total. The Labute approximate surface area is 182 Å². The van der Waals surface area contributed by atoms with Gasteiger partial charge in [0.2, 0.25) is 11.8 Å². The molecule has 0 aromatic heterocycles. The van der Waals surface area contributed by atoms with Crippen LogP contribution in [-0.4, -0.2) is 46.7 Å². The highest BCUT2D eigenvalue weighted by Crippen LogP contribution is 2.55. The zero-order valence-electron chi connectivity index (χ0n) is 17.7. The molecule has 1 aromatic rings. The highest BCUT2D eigenvalue weighted by molar-refractivity contribution is 6.24. The lowest BCUT2D eigenvalue weighted by atomic mass is 9.76. The monoisotopic (exact) mass is 444 g/mol. The first-order valence-corrected chi connectivity index (χ1v) is 9.83. The molecule has 2 bridgehead atoms. The van der Waals surface area contributed by atoms with Crippen LogP contribution in [0.15, 0.2) is 24.3 Å². The summed E-state index contributed by atoms with van der Waals surface area (Å²) in [5.41, 5.74) is -0.961. The van der Waals surface area contributed by atoms with Crippen LogP contribution in [0.2, 0.25) is 0 Å². The fourth-order valence-corrected chi connectivity index (χ4v) is 4.57. The minimum absolute atomic E-state index is 0.145. The summed E-state index contributed by atoms with van der Waals surface area (Å²) >= 11 is 0. The number of hydrogen-bond donors (Lipinski definition) is 0. The smallest absolute Gasteiger partial charge is 0.305 e. The second-order valence-corrected chi connectivity index (χ2v) is 8.04. The number of nitro groups is 1. The van der Waals surface area contributed by atoms with E-state index >= 15 is 0 Å². The molecular weight excluding hydrogens is 424 g/mol. The van der Waals surface area contributed by atoms with Gasteiger partial charge in [-0.1, -0.05) is 6.08 Å². The summed E-state index contributed by atoms with van der Waals surface area (Å²) in [6.07, 6.45) is 0.518. The summed E-state index contributed by atoms with van der Waals surface area (Å²) in [5.74, 6) is -5.22. The number of carbonyl (C=O) groups excluding carboxylic acids is 4. The molecule has 0 saturated carbocycles. The number of benzene rings is 1. The lowest BCUT2D eigenvalue weighted by Crippen LogP contribution is -2.52. The summed E-state index contributed by atoms with van der Waals surface area (Å²) in [6, 6.07) is 2.72. The SMILES string of the molecule is CC(=O)OC(OC(C)=O)[C@@]12C=C[C@H](O1)[C@H]1C(=O)N(c3cc(C)c(C)cc3[N+](=O)[O-])C(=O)[C@H]12. The van der Waals surface area contributed by atoms with Crippen LogP contribution in [0.25, 0.3) is 0 Å². The van der Waals surface area contributed by atoms with Gasteiger partial charge in [0.1, 0.15) is 5.69 Å². The Hall–Kier alpha value is -3.60. The molecule has 1 aromatic carbocycles. The van der Waals surface area contributed by atoms with Crippen LogP contribution in [-0.2, 0) is 33.4 Å². The zero-order valence-corrected chi connectivity index (χ0v) is 17.7. The number of rotatable bonds is 5. The quantitative estimate of drug-likeness (QED) is 0.165. The maximum Gasteiger partial charge on any atom is 0.305 e. The maximum absolute atomic E-state index is 13.5. The van der Waals surface area contributed by atoms with Crippen LogP contribution in [0.1, 0.15) is 25.0 Å². The molecule has 2 fully saturated rings. The average Bonchev–Trinajstić information content (AvgIpc) is 3.33. The molecular formula is C21H20N2O9. The molecule has 3 aliphatic rings. The molecule has 168 valence electrons. The predicted molar refractivity (Wildman–Crippen MR) is 106 cm³/mol. The van der Waals surface area contributed by atoms with Crippen molar-refractivity contribution in [2.75, 3.05) is 4.90 Å². The van der Waals surface area contributed by atoms with E-state index in [1.165, 1.54) is 24.3 Å². The second-order valence-electron chi connectivity index (χ2n) is 8.04.